The van der Waals surface area contributed by atoms with Gasteiger partial charge in [0, 0.05) is 16.9 Å². The molecule has 1 aromatic heterocycles. The predicted octanol–water partition coefficient (Wildman–Crippen LogP) is 2.45. The van der Waals surface area contributed by atoms with Crippen LogP contribution in [0.4, 0.5) is 0 Å². The Balaban J connectivity index is 1.79. The van der Waals surface area contributed by atoms with Crippen molar-refractivity contribution in [3.8, 4) is 5.75 Å². The Morgan fingerprint density at radius 3 is 2.61 bits per heavy atom. The molecule has 1 aromatic carbocycles. The Morgan fingerprint density at radius 2 is 2.00 bits per heavy atom. The summed E-state index contributed by atoms with van der Waals surface area (Å²) < 4.78 is 5.16. The third-order valence-corrected chi connectivity index (χ3v) is 3.92. The monoisotopic (exact) mass is 262 g/mol. The lowest BCUT2D eigenvalue weighted by Gasteiger charge is -2.10. The third-order valence-electron chi connectivity index (χ3n) is 3.02. The van der Waals surface area contributed by atoms with Crippen LogP contribution in [0.5, 0.6) is 5.75 Å². The first-order chi connectivity index (χ1) is 8.78. The zero-order valence-electron chi connectivity index (χ0n) is 10.9. The van der Waals surface area contributed by atoms with E-state index in [1.54, 1.807) is 7.11 Å². The number of hydrogen-bond acceptors (Lipinski definition) is 2. The topological polar surface area (TPSA) is 25.8 Å². The van der Waals surface area contributed by atoms with Crippen LogP contribution in [0.3, 0.4) is 0 Å². The van der Waals surface area contributed by atoms with Crippen LogP contribution in [-0.4, -0.2) is 13.2 Å². The molecule has 3 heteroatoms. The van der Waals surface area contributed by atoms with Crippen molar-refractivity contribution < 1.29 is 10.1 Å². The molecule has 0 bridgehead atoms. The molecule has 0 amide bonds. The quantitative estimate of drug-likeness (QED) is 0.850. The highest BCUT2D eigenvalue weighted by molar-refractivity contribution is 7.09. The zero-order chi connectivity index (χ0) is 12.8. The molecule has 18 heavy (non-hydrogen) atoms. The standard InChI is InChI=1S/C15H19NOS/c1-12(10-15-4-3-9-18-15)16-11-13-5-7-14(17-2)8-6-13/h3-9,12,16H,10-11H2,1-2H3/p+1/t12-/m0/s1. The fraction of sp³-hybridized carbons (Fsp3) is 0.333. The lowest BCUT2D eigenvalue weighted by molar-refractivity contribution is -0.701. The first-order valence-electron chi connectivity index (χ1n) is 6.26. The number of thiophene rings is 1. The molecule has 0 fully saturated rings. The minimum absolute atomic E-state index is 0.616. The minimum Gasteiger partial charge on any atom is -0.497 e. The summed E-state index contributed by atoms with van der Waals surface area (Å²) >= 11 is 1.84. The summed E-state index contributed by atoms with van der Waals surface area (Å²) in [5, 5.41) is 4.53. The van der Waals surface area contributed by atoms with Crippen LogP contribution in [0.15, 0.2) is 41.8 Å². The van der Waals surface area contributed by atoms with Crippen LogP contribution in [0.25, 0.3) is 0 Å². The van der Waals surface area contributed by atoms with Gasteiger partial charge in [-0.05, 0) is 42.6 Å². The van der Waals surface area contributed by atoms with Gasteiger partial charge in [0.05, 0.1) is 13.2 Å². The number of ether oxygens (including phenoxy) is 1. The molecule has 0 radical (unpaired) electrons. The molecule has 0 aliphatic carbocycles. The summed E-state index contributed by atoms with van der Waals surface area (Å²) in [6, 6.07) is 13.3. The molecule has 0 aliphatic rings. The highest BCUT2D eigenvalue weighted by atomic mass is 32.1. The van der Waals surface area contributed by atoms with Crippen LogP contribution in [-0.2, 0) is 13.0 Å². The molecule has 1 heterocycles. The van der Waals surface area contributed by atoms with E-state index in [9.17, 15) is 0 Å². The molecule has 0 spiro atoms. The second-order valence-electron chi connectivity index (χ2n) is 4.55. The summed E-state index contributed by atoms with van der Waals surface area (Å²) in [6.45, 7) is 3.31. The number of nitrogens with two attached hydrogens (primary N) is 1. The molecule has 0 saturated heterocycles. The van der Waals surface area contributed by atoms with E-state index in [-0.39, 0.29) is 0 Å². The molecule has 2 aromatic rings. The maximum atomic E-state index is 5.16. The van der Waals surface area contributed by atoms with Crippen molar-refractivity contribution in [2.45, 2.75) is 25.9 Å². The van der Waals surface area contributed by atoms with E-state index in [0.717, 1.165) is 18.7 Å². The van der Waals surface area contributed by atoms with Crippen molar-refractivity contribution in [1.82, 2.24) is 0 Å². The summed E-state index contributed by atoms with van der Waals surface area (Å²) in [5.41, 5.74) is 1.34. The highest BCUT2D eigenvalue weighted by Crippen LogP contribution is 2.11. The van der Waals surface area contributed by atoms with Gasteiger partial charge in [-0.15, -0.1) is 11.3 Å². The van der Waals surface area contributed by atoms with Crippen molar-refractivity contribution in [2.75, 3.05) is 7.11 Å². The van der Waals surface area contributed by atoms with Gasteiger partial charge in [0.15, 0.2) is 0 Å². The molecule has 2 rings (SSSR count). The molecule has 0 saturated carbocycles. The molecule has 96 valence electrons. The van der Waals surface area contributed by atoms with E-state index in [0.29, 0.717) is 6.04 Å². The van der Waals surface area contributed by atoms with Crippen molar-refractivity contribution in [2.24, 2.45) is 0 Å². The van der Waals surface area contributed by atoms with Gasteiger partial charge in [-0.3, -0.25) is 0 Å². The van der Waals surface area contributed by atoms with Gasteiger partial charge in [-0.25, -0.2) is 0 Å². The Bertz CT molecular complexity index is 450. The van der Waals surface area contributed by atoms with Gasteiger partial charge < -0.3 is 10.1 Å². The molecule has 0 aliphatic heterocycles. The van der Waals surface area contributed by atoms with Crippen LogP contribution in [0, 0.1) is 0 Å². The van der Waals surface area contributed by atoms with Crippen molar-refractivity contribution in [1.29, 1.82) is 0 Å². The van der Waals surface area contributed by atoms with Crippen LogP contribution in [0.1, 0.15) is 17.4 Å². The third kappa shape index (κ3) is 3.86. The number of rotatable bonds is 6. The van der Waals surface area contributed by atoms with Gasteiger partial charge in [0.1, 0.15) is 12.3 Å². The van der Waals surface area contributed by atoms with Crippen molar-refractivity contribution >= 4 is 11.3 Å². The number of benzene rings is 1. The van der Waals surface area contributed by atoms with Crippen molar-refractivity contribution in [3.63, 3.8) is 0 Å². The zero-order valence-corrected chi connectivity index (χ0v) is 11.7. The first-order valence-corrected chi connectivity index (χ1v) is 7.14. The maximum Gasteiger partial charge on any atom is 0.118 e. The SMILES string of the molecule is COc1ccc(C[NH2+][C@@H](C)Cc2cccs2)cc1. The van der Waals surface area contributed by atoms with Crippen LogP contribution < -0.4 is 10.1 Å². The van der Waals surface area contributed by atoms with E-state index < -0.39 is 0 Å². The van der Waals surface area contributed by atoms with Gasteiger partial charge in [0.25, 0.3) is 0 Å². The molecular weight excluding hydrogens is 242 g/mol. The summed E-state index contributed by atoms with van der Waals surface area (Å²) in [4.78, 5) is 1.47. The molecule has 2 N–H and O–H groups in total. The molecule has 1 atom stereocenters. The van der Waals surface area contributed by atoms with E-state index in [1.807, 2.05) is 23.5 Å². The second kappa shape index (κ2) is 6.57. The average Bonchev–Trinajstić information content (AvgIpc) is 2.90. The van der Waals surface area contributed by atoms with Crippen LogP contribution >= 0.6 is 11.3 Å². The number of hydrogen-bond donors (Lipinski definition) is 1. The maximum absolute atomic E-state index is 5.16. The van der Waals surface area contributed by atoms with E-state index in [4.69, 9.17) is 4.74 Å². The largest absolute Gasteiger partial charge is 0.497 e. The number of methoxy groups -OCH3 is 1. The molecule has 2 nitrogen and oxygen atoms in total. The number of quaternary nitrogens is 1. The van der Waals surface area contributed by atoms with Crippen LogP contribution in [0.2, 0.25) is 0 Å². The Labute approximate surface area is 113 Å². The minimum atomic E-state index is 0.616. The normalized spacial score (nSPS) is 12.3. The van der Waals surface area contributed by atoms with Gasteiger partial charge in [-0.1, -0.05) is 6.07 Å². The Hall–Kier alpha value is -1.32. The fourth-order valence-electron chi connectivity index (χ4n) is 1.93. The average molecular weight is 262 g/mol. The predicted molar refractivity (Wildman–Crippen MR) is 76.1 cm³/mol. The van der Waals surface area contributed by atoms with Crippen molar-refractivity contribution in [3.05, 3.63) is 52.2 Å². The van der Waals surface area contributed by atoms with Gasteiger partial charge in [0.2, 0.25) is 0 Å². The summed E-state index contributed by atoms with van der Waals surface area (Å²) in [6.07, 6.45) is 1.15. The first kappa shape index (κ1) is 13.1. The van der Waals surface area contributed by atoms with Gasteiger partial charge in [-0.2, -0.15) is 0 Å². The van der Waals surface area contributed by atoms with E-state index >= 15 is 0 Å². The van der Waals surface area contributed by atoms with Gasteiger partial charge >= 0.3 is 0 Å². The van der Waals surface area contributed by atoms with E-state index in [2.05, 4.69) is 41.9 Å². The lowest BCUT2D eigenvalue weighted by Crippen LogP contribution is -2.88. The Morgan fingerprint density at radius 1 is 1.22 bits per heavy atom. The molecule has 0 unspecified atom stereocenters. The second-order valence-corrected chi connectivity index (χ2v) is 5.58. The Kier molecular flexibility index (Phi) is 4.79. The fourth-order valence-corrected chi connectivity index (χ4v) is 2.78. The molecular formula is C15H20NOS+. The highest BCUT2D eigenvalue weighted by Gasteiger charge is 2.07. The summed E-state index contributed by atoms with van der Waals surface area (Å²) in [5.74, 6) is 0.922. The smallest absolute Gasteiger partial charge is 0.118 e. The lowest BCUT2D eigenvalue weighted by atomic mass is 10.1. The van der Waals surface area contributed by atoms with E-state index in [1.165, 1.54) is 10.4 Å². The summed E-state index contributed by atoms with van der Waals surface area (Å²) in [7, 11) is 1.70.